The number of aryl methyl sites for hydroxylation is 2. The lowest BCUT2D eigenvalue weighted by Gasteiger charge is -2.23. The summed E-state index contributed by atoms with van der Waals surface area (Å²) < 4.78 is 11.9. The average Bonchev–Trinajstić information content (AvgIpc) is 2.71. The number of nitrogens with one attached hydrogen (secondary N) is 1. The van der Waals surface area contributed by atoms with E-state index in [1.165, 1.54) is 30.4 Å². The molecule has 0 atom stereocenters. The first-order valence-corrected chi connectivity index (χ1v) is 10.7. The Bertz CT molecular complexity index is 853. The third-order valence-corrected chi connectivity index (χ3v) is 5.71. The average molecular weight is 396 g/mol. The van der Waals surface area contributed by atoms with E-state index in [1.807, 2.05) is 25.1 Å². The van der Waals surface area contributed by atoms with E-state index < -0.39 is 0 Å². The molecule has 0 radical (unpaired) electrons. The van der Waals surface area contributed by atoms with Crippen molar-refractivity contribution in [3.63, 3.8) is 0 Å². The molecule has 4 heteroatoms. The molecule has 1 aliphatic carbocycles. The topological polar surface area (TPSA) is 47.6 Å². The van der Waals surface area contributed by atoms with Crippen LogP contribution < -0.4 is 14.8 Å². The molecule has 1 N–H and O–H groups in total. The van der Waals surface area contributed by atoms with Crippen molar-refractivity contribution in [3.05, 3.63) is 58.1 Å². The lowest BCUT2D eigenvalue weighted by molar-refractivity contribution is 0.0927. The maximum Gasteiger partial charge on any atom is 0.251 e. The predicted octanol–water partition coefficient (Wildman–Crippen LogP) is 5.65. The van der Waals surface area contributed by atoms with Crippen molar-refractivity contribution in [2.45, 2.75) is 72.4 Å². The van der Waals surface area contributed by atoms with Crippen LogP contribution in [0.15, 0.2) is 30.3 Å². The van der Waals surface area contributed by atoms with Gasteiger partial charge < -0.3 is 14.8 Å². The van der Waals surface area contributed by atoms with Crippen molar-refractivity contribution < 1.29 is 14.3 Å². The Labute approximate surface area is 174 Å². The van der Waals surface area contributed by atoms with Gasteiger partial charge in [0.1, 0.15) is 18.1 Å². The molecule has 1 fully saturated rings. The molecule has 0 unspecified atom stereocenters. The predicted molar refractivity (Wildman–Crippen MR) is 117 cm³/mol. The number of benzene rings is 2. The molecule has 4 nitrogen and oxygen atoms in total. The van der Waals surface area contributed by atoms with Gasteiger partial charge in [-0.25, -0.2) is 0 Å². The normalized spacial score (nSPS) is 14.5. The van der Waals surface area contributed by atoms with Crippen LogP contribution in [0.3, 0.4) is 0 Å². The van der Waals surface area contributed by atoms with Crippen LogP contribution in [0.2, 0.25) is 0 Å². The first-order chi connectivity index (χ1) is 14.0. The van der Waals surface area contributed by atoms with Crippen LogP contribution in [-0.4, -0.2) is 18.6 Å². The van der Waals surface area contributed by atoms with E-state index in [2.05, 4.69) is 38.2 Å². The van der Waals surface area contributed by atoms with Gasteiger partial charge in [0.2, 0.25) is 0 Å². The highest BCUT2D eigenvalue weighted by Gasteiger charge is 2.18. The van der Waals surface area contributed by atoms with Crippen LogP contribution in [-0.2, 0) is 6.61 Å². The maximum absolute atomic E-state index is 12.8. The molecule has 156 valence electrons. The van der Waals surface area contributed by atoms with Crippen LogP contribution >= 0.6 is 0 Å². The standard InChI is InChI=1S/C25H33NO3/c1-5-28-23-12-11-20(25(27)26-22-9-7-6-8-10-22)15-21(23)16-29-24-14-17(2)13-18(3)19(24)4/h11-15,22H,5-10,16H2,1-4H3,(H,26,27). The van der Waals surface area contributed by atoms with Crippen LogP contribution in [0.4, 0.5) is 0 Å². The zero-order valence-corrected chi connectivity index (χ0v) is 18.1. The lowest BCUT2D eigenvalue weighted by Crippen LogP contribution is -2.36. The van der Waals surface area contributed by atoms with E-state index in [4.69, 9.17) is 9.47 Å². The smallest absolute Gasteiger partial charge is 0.251 e. The number of hydrogen-bond acceptors (Lipinski definition) is 3. The first kappa shape index (κ1) is 21.2. The Morgan fingerprint density at radius 3 is 2.48 bits per heavy atom. The van der Waals surface area contributed by atoms with Crippen molar-refractivity contribution in [3.8, 4) is 11.5 Å². The summed E-state index contributed by atoms with van der Waals surface area (Å²) in [6, 6.07) is 10.1. The van der Waals surface area contributed by atoms with Gasteiger partial charge in [-0.15, -0.1) is 0 Å². The minimum absolute atomic E-state index is 0.0104. The van der Waals surface area contributed by atoms with Gasteiger partial charge in [-0.1, -0.05) is 25.3 Å². The maximum atomic E-state index is 12.8. The van der Waals surface area contributed by atoms with Crippen LogP contribution in [0.5, 0.6) is 11.5 Å². The summed E-state index contributed by atoms with van der Waals surface area (Å²) in [5.74, 6) is 1.63. The summed E-state index contributed by atoms with van der Waals surface area (Å²) in [7, 11) is 0. The van der Waals surface area contributed by atoms with Gasteiger partial charge in [0, 0.05) is 17.2 Å². The van der Waals surface area contributed by atoms with Crippen molar-refractivity contribution in [2.24, 2.45) is 0 Å². The van der Waals surface area contributed by atoms with E-state index in [-0.39, 0.29) is 5.91 Å². The number of amides is 1. The zero-order valence-electron chi connectivity index (χ0n) is 18.1. The Hall–Kier alpha value is -2.49. The monoisotopic (exact) mass is 395 g/mol. The van der Waals surface area contributed by atoms with Gasteiger partial charge in [0.05, 0.1) is 6.61 Å². The molecule has 2 aromatic rings. The summed E-state index contributed by atoms with van der Waals surface area (Å²) in [6.45, 7) is 9.13. The van der Waals surface area contributed by atoms with E-state index in [0.29, 0.717) is 24.8 Å². The molecule has 0 aliphatic heterocycles. The van der Waals surface area contributed by atoms with Gasteiger partial charge in [-0.3, -0.25) is 4.79 Å². The Morgan fingerprint density at radius 2 is 1.76 bits per heavy atom. The van der Waals surface area contributed by atoms with Crippen molar-refractivity contribution >= 4 is 5.91 Å². The van der Waals surface area contributed by atoms with Gasteiger partial charge in [0.25, 0.3) is 5.91 Å². The van der Waals surface area contributed by atoms with Gasteiger partial charge >= 0.3 is 0 Å². The van der Waals surface area contributed by atoms with Crippen LogP contribution in [0, 0.1) is 20.8 Å². The second-order valence-electron chi connectivity index (χ2n) is 8.06. The summed E-state index contributed by atoms with van der Waals surface area (Å²) in [4.78, 5) is 12.8. The summed E-state index contributed by atoms with van der Waals surface area (Å²) in [6.07, 6.45) is 5.81. The summed E-state index contributed by atoms with van der Waals surface area (Å²) in [5.41, 5.74) is 5.08. The molecule has 0 spiro atoms. The first-order valence-electron chi connectivity index (χ1n) is 10.7. The van der Waals surface area contributed by atoms with Crippen molar-refractivity contribution in [1.82, 2.24) is 5.32 Å². The molecule has 2 aromatic carbocycles. The van der Waals surface area contributed by atoms with Gasteiger partial charge in [0.15, 0.2) is 0 Å². The van der Waals surface area contributed by atoms with Gasteiger partial charge in [-0.05, 0) is 81.5 Å². The minimum atomic E-state index is -0.0104. The Morgan fingerprint density at radius 1 is 1.00 bits per heavy atom. The number of hydrogen-bond donors (Lipinski definition) is 1. The third kappa shape index (κ3) is 5.53. The lowest BCUT2D eigenvalue weighted by atomic mass is 9.95. The molecule has 3 rings (SSSR count). The zero-order chi connectivity index (χ0) is 20.8. The highest BCUT2D eigenvalue weighted by molar-refractivity contribution is 5.94. The molecule has 0 aromatic heterocycles. The molecule has 0 heterocycles. The molecular weight excluding hydrogens is 362 g/mol. The molecular formula is C25H33NO3. The molecule has 0 bridgehead atoms. The van der Waals surface area contributed by atoms with Crippen molar-refractivity contribution in [2.75, 3.05) is 6.61 Å². The second-order valence-corrected chi connectivity index (χ2v) is 8.06. The highest BCUT2D eigenvalue weighted by Crippen LogP contribution is 2.27. The quantitative estimate of drug-likeness (QED) is 0.659. The van der Waals surface area contributed by atoms with E-state index in [1.54, 1.807) is 0 Å². The number of ether oxygens (including phenoxy) is 2. The largest absolute Gasteiger partial charge is 0.493 e. The van der Waals surface area contributed by atoms with E-state index >= 15 is 0 Å². The highest BCUT2D eigenvalue weighted by atomic mass is 16.5. The minimum Gasteiger partial charge on any atom is -0.493 e. The molecule has 1 saturated carbocycles. The fourth-order valence-corrected chi connectivity index (χ4v) is 3.95. The third-order valence-electron chi connectivity index (χ3n) is 5.71. The molecule has 29 heavy (non-hydrogen) atoms. The number of carbonyl (C=O) groups is 1. The van der Waals surface area contributed by atoms with E-state index in [9.17, 15) is 4.79 Å². The van der Waals surface area contributed by atoms with Crippen LogP contribution in [0.1, 0.15) is 71.6 Å². The van der Waals surface area contributed by atoms with Gasteiger partial charge in [-0.2, -0.15) is 0 Å². The Balaban J connectivity index is 1.77. The SMILES string of the molecule is CCOc1ccc(C(=O)NC2CCCCC2)cc1COc1cc(C)cc(C)c1C. The van der Waals surface area contributed by atoms with Crippen LogP contribution in [0.25, 0.3) is 0 Å². The number of rotatable bonds is 7. The van der Waals surface area contributed by atoms with Crippen molar-refractivity contribution in [1.29, 1.82) is 0 Å². The molecule has 0 saturated heterocycles. The number of carbonyl (C=O) groups excluding carboxylic acids is 1. The fourth-order valence-electron chi connectivity index (χ4n) is 3.95. The second kappa shape index (κ2) is 9.82. The molecule has 1 amide bonds. The summed E-state index contributed by atoms with van der Waals surface area (Å²) >= 11 is 0. The van der Waals surface area contributed by atoms with E-state index in [0.717, 1.165) is 35.5 Å². The summed E-state index contributed by atoms with van der Waals surface area (Å²) in [5, 5.41) is 3.19. The Kier molecular flexibility index (Phi) is 7.18. The fraction of sp³-hybridized carbons (Fsp3) is 0.480. The molecule has 1 aliphatic rings.